The van der Waals surface area contributed by atoms with Crippen LogP contribution in [0.15, 0.2) is 24.3 Å². The van der Waals surface area contributed by atoms with Gasteiger partial charge in [-0.15, -0.1) is 0 Å². The van der Waals surface area contributed by atoms with Gasteiger partial charge in [-0.25, -0.2) is 9.37 Å². The van der Waals surface area contributed by atoms with Crippen LogP contribution in [0.4, 0.5) is 13.2 Å². The van der Waals surface area contributed by atoms with E-state index in [-0.39, 0.29) is 38.2 Å². The molecule has 0 amide bonds. The molecule has 0 aliphatic rings. The summed E-state index contributed by atoms with van der Waals surface area (Å²) >= 11 is 0. The van der Waals surface area contributed by atoms with Crippen LogP contribution in [0.3, 0.4) is 0 Å². The largest absolute Gasteiger partial charge is 0.252 e. The van der Waals surface area contributed by atoms with E-state index in [2.05, 4.69) is 4.98 Å². The quantitative estimate of drug-likeness (QED) is 0.497. The molecule has 0 unspecified atom stereocenters. The second kappa shape index (κ2) is 4.24. The van der Waals surface area contributed by atoms with Crippen LogP contribution in [0.1, 0.15) is 0 Å². The molecule has 0 atom stereocenters. The summed E-state index contributed by atoms with van der Waals surface area (Å²) in [7, 11) is 0. The van der Waals surface area contributed by atoms with Crippen LogP contribution in [0.2, 0.25) is 0 Å². The van der Waals surface area contributed by atoms with Gasteiger partial charge in [0.1, 0.15) is 0 Å². The van der Waals surface area contributed by atoms with Crippen LogP contribution < -0.4 is 0 Å². The van der Waals surface area contributed by atoms with Crippen LogP contribution in [0, 0.1) is 17.6 Å². The molecule has 5 heteroatoms. The van der Waals surface area contributed by atoms with Crippen molar-refractivity contribution in [3.8, 4) is 0 Å². The number of hydrogen-bond acceptors (Lipinski definition) is 1. The zero-order valence-electron chi connectivity index (χ0n) is 6.89. The fourth-order valence-corrected chi connectivity index (χ4v) is 1.12. The van der Waals surface area contributed by atoms with E-state index in [0.717, 1.165) is 0 Å². The second-order valence-corrected chi connectivity index (χ2v) is 2.55. The molecule has 4 radical (unpaired) electrons. The fraction of sp³-hybridized carbons (Fsp3) is 0. The van der Waals surface area contributed by atoms with Gasteiger partial charge in [0.15, 0.2) is 5.82 Å². The number of para-hydroxylation sites is 1. The van der Waals surface area contributed by atoms with E-state index in [1.807, 2.05) is 0 Å². The fourth-order valence-electron chi connectivity index (χ4n) is 1.12. The van der Waals surface area contributed by atoms with E-state index in [4.69, 9.17) is 0 Å². The average molecular weight is 390 g/mol. The average Bonchev–Trinajstić information content (AvgIpc) is 2.15. The molecule has 0 saturated heterocycles. The Labute approximate surface area is 98.1 Å². The van der Waals surface area contributed by atoms with E-state index < -0.39 is 17.6 Å². The SMILES string of the molecule is Fc1nc2ccccc2c(F)c1F.[Pb]. The van der Waals surface area contributed by atoms with Crippen LogP contribution in [-0.4, -0.2) is 32.3 Å². The normalized spacial score (nSPS) is 9.93. The van der Waals surface area contributed by atoms with E-state index in [0.29, 0.717) is 0 Å². The minimum absolute atomic E-state index is 0. The molecule has 14 heavy (non-hydrogen) atoms. The van der Waals surface area contributed by atoms with Crippen molar-refractivity contribution in [2.45, 2.75) is 0 Å². The first-order chi connectivity index (χ1) is 6.20. The Morgan fingerprint density at radius 3 is 2.29 bits per heavy atom. The van der Waals surface area contributed by atoms with Crippen molar-refractivity contribution in [2.24, 2.45) is 0 Å². The summed E-state index contributed by atoms with van der Waals surface area (Å²) in [4.78, 5) is 3.25. The summed E-state index contributed by atoms with van der Waals surface area (Å²) in [6.07, 6.45) is 0. The van der Waals surface area contributed by atoms with Gasteiger partial charge in [0, 0.05) is 32.7 Å². The molecule has 0 fully saturated rings. The van der Waals surface area contributed by atoms with Crippen LogP contribution in [0.25, 0.3) is 10.9 Å². The van der Waals surface area contributed by atoms with Crippen LogP contribution in [-0.2, 0) is 0 Å². The second-order valence-electron chi connectivity index (χ2n) is 2.55. The first kappa shape index (κ1) is 11.4. The number of benzene rings is 1. The maximum Gasteiger partial charge on any atom is 0.252 e. The Morgan fingerprint density at radius 1 is 0.929 bits per heavy atom. The Hall–Kier alpha value is -0.658. The zero-order valence-corrected chi connectivity index (χ0v) is 10.8. The molecule has 0 bridgehead atoms. The minimum Gasteiger partial charge on any atom is -0.217 e. The summed E-state index contributed by atoms with van der Waals surface area (Å²) in [5.74, 6) is -4.13. The summed E-state index contributed by atoms with van der Waals surface area (Å²) in [6, 6.07) is 5.87. The molecule has 0 aliphatic heterocycles. The van der Waals surface area contributed by atoms with Crippen molar-refractivity contribution < 1.29 is 13.2 Å². The monoisotopic (exact) mass is 391 g/mol. The molecule has 70 valence electrons. The number of halogens is 3. The van der Waals surface area contributed by atoms with Gasteiger partial charge in [-0.3, -0.25) is 0 Å². The number of aromatic nitrogens is 1. The number of fused-ring (bicyclic) bond motifs is 1. The smallest absolute Gasteiger partial charge is 0.217 e. The third-order valence-electron chi connectivity index (χ3n) is 1.73. The standard InChI is InChI=1S/C9H4F3N.Pb/c10-7-5-3-1-2-4-6(5)13-9(12)8(7)11;/h1-4H;. The Kier molecular flexibility index (Phi) is 3.46. The maximum atomic E-state index is 13.0. The first-order valence-corrected chi connectivity index (χ1v) is 3.59. The van der Waals surface area contributed by atoms with Crippen molar-refractivity contribution in [2.75, 3.05) is 0 Å². The molecule has 0 saturated carbocycles. The molecular weight excluding hydrogens is 386 g/mol. The van der Waals surface area contributed by atoms with Gasteiger partial charge in [0.2, 0.25) is 5.82 Å². The zero-order chi connectivity index (χ0) is 9.42. The van der Waals surface area contributed by atoms with Gasteiger partial charge in [-0.2, -0.15) is 8.78 Å². The predicted molar refractivity (Wildman–Crippen MR) is 47.4 cm³/mol. The summed E-state index contributed by atoms with van der Waals surface area (Å²) < 4.78 is 38.2. The molecule has 1 heterocycles. The molecular formula is C9H4F3NPb. The molecule has 0 aliphatic carbocycles. The molecule has 0 spiro atoms. The van der Waals surface area contributed by atoms with Gasteiger partial charge in [0.25, 0.3) is 5.95 Å². The summed E-state index contributed by atoms with van der Waals surface area (Å²) in [5, 5.41) is -0.0126. The van der Waals surface area contributed by atoms with E-state index in [9.17, 15) is 13.2 Å². The van der Waals surface area contributed by atoms with Gasteiger partial charge in [-0.05, 0) is 12.1 Å². The first-order valence-electron chi connectivity index (χ1n) is 3.59. The molecule has 1 aromatic carbocycles. The minimum atomic E-state index is -1.53. The predicted octanol–water partition coefficient (Wildman–Crippen LogP) is 2.27. The van der Waals surface area contributed by atoms with Crippen molar-refractivity contribution in [3.63, 3.8) is 0 Å². The molecule has 1 aromatic heterocycles. The molecule has 1 nitrogen and oxygen atoms in total. The summed E-state index contributed by atoms with van der Waals surface area (Å²) in [6.45, 7) is 0. The van der Waals surface area contributed by atoms with E-state index in [1.165, 1.54) is 18.2 Å². The van der Waals surface area contributed by atoms with Crippen LogP contribution in [0.5, 0.6) is 0 Å². The van der Waals surface area contributed by atoms with Crippen molar-refractivity contribution in [3.05, 3.63) is 41.8 Å². The maximum absolute atomic E-state index is 13.0. The van der Waals surface area contributed by atoms with E-state index in [1.54, 1.807) is 6.07 Å². The Balaban J connectivity index is 0.000000980. The number of rotatable bonds is 0. The van der Waals surface area contributed by atoms with Crippen molar-refractivity contribution >= 4 is 38.2 Å². The Bertz CT molecular complexity index is 473. The molecule has 2 rings (SSSR count). The van der Waals surface area contributed by atoms with Gasteiger partial charge >= 0.3 is 0 Å². The number of nitrogens with zero attached hydrogens (tertiary/aromatic N) is 1. The van der Waals surface area contributed by atoms with E-state index >= 15 is 0 Å². The van der Waals surface area contributed by atoms with Gasteiger partial charge < -0.3 is 0 Å². The molecule has 0 N–H and O–H groups in total. The van der Waals surface area contributed by atoms with Gasteiger partial charge in [0.05, 0.1) is 5.52 Å². The van der Waals surface area contributed by atoms with Crippen LogP contribution >= 0.6 is 0 Å². The third-order valence-corrected chi connectivity index (χ3v) is 1.73. The van der Waals surface area contributed by atoms with Crippen molar-refractivity contribution in [1.82, 2.24) is 4.98 Å². The Morgan fingerprint density at radius 2 is 1.57 bits per heavy atom. The third kappa shape index (κ3) is 1.75. The topological polar surface area (TPSA) is 12.9 Å². The molecule has 2 aromatic rings. The number of pyridine rings is 1. The summed E-state index contributed by atoms with van der Waals surface area (Å²) in [5.41, 5.74) is 0.110. The van der Waals surface area contributed by atoms with Gasteiger partial charge in [-0.1, -0.05) is 12.1 Å². The number of hydrogen-bond donors (Lipinski definition) is 0. The van der Waals surface area contributed by atoms with Crippen molar-refractivity contribution in [1.29, 1.82) is 0 Å².